The smallest absolute Gasteiger partial charge is 0.127 e. The fourth-order valence-corrected chi connectivity index (χ4v) is 5.16. The van der Waals surface area contributed by atoms with Gasteiger partial charge in [0.05, 0.1) is 6.10 Å². The van der Waals surface area contributed by atoms with Crippen LogP contribution in [0.15, 0.2) is 48.5 Å². The zero-order valence-corrected chi connectivity index (χ0v) is 16.4. The zero-order valence-electron chi connectivity index (χ0n) is 15.6. The third-order valence-electron chi connectivity index (χ3n) is 6.37. The molecule has 2 aromatic carbocycles. The van der Waals surface area contributed by atoms with Crippen LogP contribution in [-0.4, -0.2) is 12.6 Å². The lowest BCUT2D eigenvalue weighted by molar-refractivity contribution is -0.0437. The van der Waals surface area contributed by atoms with E-state index in [0.29, 0.717) is 12.0 Å². The molecule has 5 rings (SSSR count). The fourth-order valence-electron chi connectivity index (χ4n) is 5.16. The van der Waals surface area contributed by atoms with Crippen molar-refractivity contribution in [1.82, 2.24) is 0 Å². The van der Waals surface area contributed by atoms with Gasteiger partial charge in [-0.2, -0.15) is 0 Å². The normalized spacial score (nSPS) is 27.0. The van der Waals surface area contributed by atoms with E-state index in [1.54, 1.807) is 0 Å². The van der Waals surface area contributed by atoms with Crippen LogP contribution in [0.25, 0.3) is 0 Å². The number of para-hydroxylation sites is 1. The average Bonchev–Trinajstić information content (AvgIpc) is 3.23. The van der Waals surface area contributed by atoms with Gasteiger partial charge in [0.15, 0.2) is 0 Å². The number of anilines is 1. The number of nitrogens with one attached hydrogen (secondary N) is 1. The average molecular weight is 386 g/mol. The van der Waals surface area contributed by atoms with Gasteiger partial charge in [-0.05, 0) is 61.9 Å². The van der Waals surface area contributed by atoms with Gasteiger partial charge in [-0.15, -0.1) is 12.4 Å². The topological polar surface area (TPSA) is 30.5 Å². The molecule has 1 saturated carbocycles. The molecule has 3 atom stereocenters. The van der Waals surface area contributed by atoms with Gasteiger partial charge >= 0.3 is 0 Å². The van der Waals surface area contributed by atoms with E-state index in [0.717, 1.165) is 24.0 Å². The van der Waals surface area contributed by atoms with Crippen LogP contribution in [0.4, 0.5) is 5.69 Å². The van der Waals surface area contributed by atoms with E-state index in [-0.39, 0.29) is 18.5 Å². The largest absolute Gasteiger partial charge is 0.457 e. The van der Waals surface area contributed by atoms with Crippen LogP contribution in [0.1, 0.15) is 50.2 Å². The third-order valence-corrected chi connectivity index (χ3v) is 6.37. The molecular weight excluding hydrogens is 358 g/mol. The Morgan fingerprint density at radius 1 is 0.889 bits per heavy atom. The van der Waals surface area contributed by atoms with Gasteiger partial charge in [-0.3, -0.25) is 0 Å². The van der Waals surface area contributed by atoms with E-state index in [2.05, 4.69) is 23.5 Å². The van der Waals surface area contributed by atoms with Crippen LogP contribution >= 0.6 is 12.4 Å². The van der Waals surface area contributed by atoms with E-state index in [1.807, 2.05) is 30.3 Å². The van der Waals surface area contributed by atoms with Crippen molar-refractivity contribution in [2.45, 2.75) is 50.7 Å². The summed E-state index contributed by atoms with van der Waals surface area (Å²) in [6.45, 7) is 0.877. The lowest BCUT2D eigenvalue weighted by Gasteiger charge is -2.45. The number of hydrogen-bond acceptors (Lipinski definition) is 3. The molecule has 3 aliphatic rings. The lowest BCUT2D eigenvalue weighted by Crippen LogP contribution is -2.44. The second-order valence-electron chi connectivity index (χ2n) is 7.98. The highest BCUT2D eigenvalue weighted by Gasteiger charge is 2.42. The fraction of sp³-hybridized carbons (Fsp3) is 0.478. The molecule has 1 N–H and O–H groups in total. The highest BCUT2D eigenvalue weighted by molar-refractivity contribution is 5.85. The molecule has 3 nitrogen and oxygen atoms in total. The Hall–Kier alpha value is -1.71. The van der Waals surface area contributed by atoms with Gasteiger partial charge in [0, 0.05) is 29.8 Å². The van der Waals surface area contributed by atoms with Gasteiger partial charge in [0.1, 0.15) is 11.5 Å². The first-order valence-corrected chi connectivity index (χ1v) is 10.1. The third kappa shape index (κ3) is 3.68. The van der Waals surface area contributed by atoms with Crippen molar-refractivity contribution in [3.05, 3.63) is 54.1 Å². The number of fused-ring (bicyclic) bond motifs is 3. The van der Waals surface area contributed by atoms with E-state index < -0.39 is 0 Å². The molecular formula is C23H28ClNO2. The first-order valence-electron chi connectivity index (χ1n) is 10.1. The van der Waals surface area contributed by atoms with Crippen LogP contribution in [0.2, 0.25) is 0 Å². The predicted octanol–water partition coefficient (Wildman–Crippen LogP) is 6.35. The van der Waals surface area contributed by atoms with Gasteiger partial charge in [0.2, 0.25) is 0 Å². The van der Waals surface area contributed by atoms with Gasteiger partial charge in [-0.1, -0.05) is 31.0 Å². The molecule has 1 saturated heterocycles. The van der Waals surface area contributed by atoms with E-state index in [9.17, 15) is 0 Å². The van der Waals surface area contributed by atoms with Crippen molar-refractivity contribution in [1.29, 1.82) is 0 Å². The number of benzene rings is 2. The first-order chi connectivity index (χ1) is 12.9. The van der Waals surface area contributed by atoms with Crippen molar-refractivity contribution < 1.29 is 9.47 Å². The molecule has 2 heterocycles. The van der Waals surface area contributed by atoms with Crippen LogP contribution < -0.4 is 10.1 Å². The molecule has 4 heteroatoms. The van der Waals surface area contributed by atoms with Gasteiger partial charge in [0.25, 0.3) is 0 Å². The Labute approximate surface area is 167 Å². The molecule has 0 aromatic heterocycles. The van der Waals surface area contributed by atoms with E-state index in [1.165, 1.54) is 49.8 Å². The standard InChI is InChI=1S/C23H27NO2.ClH/c1-2-9-17(10-3-1)26-18-12-13-21-20(15-18)23-19(11-6-14-25-23)22(24-21)16-7-4-5-8-16;/h1-3,9-10,12-13,15-16,19,22-24H,4-8,11,14H2;1H/t19-,22+,23-;/m0./s1. The zero-order chi connectivity index (χ0) is 17.3. The Balaban J connectivity index is 0.00000180. The summed E-state index contributed by atoms with van der Waals surface area (Å²) < 4.78 is 12.4. The number of rotatable bonds is 3. The van der Waals surface area contributed by atoms with Crippen LogP contribution in [-0.2, 0) is 4.74 Å². The minimum Gasteiger partial charge on any atom is -0.457 e. The Morgan fingerprint density at radius 3 is 2.52 bits per heavy atom. The summed E-state index contributed by atoms with van der Waals surface area (Å²) in [6, 6.07) is 17.0. The molecule has 0 bridgehead atoms. The summed E-state index contributed by atoms with van der Waals surface area (Å²) in [7, 11) is 0. The molecule has 0 spiro atoms. The number of hydrogen-bond donors (Lipinski definition) is 1. The predicted molar refractivity (Wildman–Crippen MR) is 111 cm³/mol. The molecule has 0 unspecified atom stereocenters. The molecule has 144 valence electrons. The molecule has 1 aliphatic carbocycles. The molecule has 2 aromatic rings. The summed E-state index contributed by atoms with van der Waals surface area (Å²) in [4.78, 5) is 0. The molecule has 27 heavy (non-hydrogen) atoms. The minimum atomic E-state index is 0. The van der Waals surface area contributed by atoms with Crippen molar-refractivity contribution in [2.24, 2.45) is 11.8 Å². The van der Waals surface area contributed by atoms with Gasteiger partial charge < -0.3 is 14.8 Å². The second kappa shape index (κ2) is 8.12. The summed E-state index contributed by atoms with van der Waals surface area (Å²) in [5.41, 5.74) is 2.52. The van der Waals surface area contributed by atoms with E-state index in [4.69, 9.17) is 9.47 Å². The lowest BCUT2D eigenvalue weighted by atomic mass is 9.75. The quantitative estimate of drug-likeness (QED) is 0.667. The molecule has 2 fully saturated rings. The maximum atomic E-state index is 6.31. The monoisotopic (exact) mass is 385 g/mol. The number of ether oxygens (including phenoxy) is 2. The maximum absolute atomic E-state index is 6.31. The highest BCUT2D eigenvalue weighted by atomic mass is 35.5. The summed E-state index contributed by atoms with van der Waals surface area (Å²) >= 11 is 0. The molecule has 2 aliphatic heterocycles. The van der Waals surface area contributed by atoms with Crippen LogP contribution in [0, 0.1) is 11.8 Å². The molecule has 0 amide bonds. The van der Waals surface area contributed by atoms with Crippen molar-refractivity contribution in [2.75, 3.05) is 11.9 Å². The SMILES string of the molecule is Cl.c1ccc(Oc2ccc3c(c2)[C@H]2OCCC[C@H]2[C@@H](C2CCCC2)N3)cc1. The summed E-state index contributed by atoms with van der Waals surface area (Å²) in [5, 5.41) is 3.89. The van der Waals surface area contributed by atoms with Crippen LogP contribution in [0.5, 0.6) is 11.5 Å². The van der Waals surface area contributed by atoms with Crippen LogP contribution in [0.3, 0.4) is 0 Å². The molecule has 0 radical (unpaired) electrons. The van der Waals surface area contributed by atoms with Crippen molar-refractivity contribution in [3.63, 3.8) is 0 Å². The van der Waals surface area contributed by atoms with Crippen molar-refractivity contribution >= 4 is 18.1 Å². The highest BCUT2D eigenvalue weighted by Crippen LogP contribution is 2.48. The maximum Gasteiger partial charge on any atom is 0.127 e. The van der Waals surface area contributed by atoms with Gasteiger partial charge in [-0.25, -0.2) is 0 Å². The Bertz CT molecular complexity index is 760. The number of halogens is 1. The summed E-state index contributed by atoms with van der Waals surface area (Å²) in [6.07, 6.45) is 8.17. The Morgan fingerprint density at radius 2 is 1.70 bits per heavy atom. The Kier molecular flexibility index (Phi) is 5.60. The van der Waals surface area contributed by atoms with E-state index >= 15 is 0 Å². The minimum absolute atomic E-state index is 0. The van der Waals surface area contributed by atoms with Crippen molar-refractivity contribution in [3.8, 4) is 11.5 Å². The second-order valence-corrected chi connectivity index (χ2v) is 7.98. The summed E-state index contributed by atoms with van der Waals surface area (Å²) in [5.74, 6) is 3.16. The first kappa shape index (κ1) is 18.6.